The number of rotatable bonds is 7. The van der Waals surface area contributed by atoms with Crippen molar-refractivity contribution < 1.29 is 19.5 Å². The molecule has 1 fully saturated rings. The Hall–Kier alpha value is -2.94. The van der Waals surface area contributed by atoms with E-state index in [-0.39, 0.29) is 35.1 Å². The van der Waals surface area contributed by atoms with Gasteiger partial charge < -0.3 is 19.3 Å². The zero-order chi connectivity index (χ0) is 25.1. The molecule has 0 saturated carbocycles. The second-order valence-corrected chi connectivity index (χ2v) is 9.19. The molecular weight excluding hydrogens is 507 g/mol. The molecule has 1 amide bonds. The zero-order valence-corrected chi connectivity index (χ0v) is 20.5. The number of hydrogen-bond acceptors (Lipinski definition) is 12. The van der Waals surface area contributed by atoms with Crippen LogP contribution in [0.25, 0.3) is 21.6 Å². The Bertz CT molecular complexity index is 1360. The van der Waals surface area contributed by atoms with Gasteiger partial charge in [-0.1, -0.05) is 0 Å². The molecule has 1 aliphatic rings. The van der Waals surface area contributed by atoms with Crippen LogP contribution < -0.4 is 20.0 Å². The second kappa shape index (κ2) is 12.1. The molecule has 4 aromatic rings. The number of methoxy groups -OCH3 is 1. The minimum atomic E-state index is -0.661. The third-order valence-corrected chi connectivity index (χ3v) is 6.76. The van der Waals surface area contributed by atoms with Crippen molar-refractivity contribution in [2.45, 2.75) is 6.54 Å². The van der Waals surface area contributed by atoms with Crippen LogP contribution in [-0.2, 0) is 11.3 Å². The van der Waals surface area contributed by atoms with Crippen molar-refractivity contribution in [3.05, 3.63) is 47.2 Å². The first kappa shape index (κ1) is 27.1. The van der Waals surface area contributed by atoms with E-state index in [2.05, 4.69) is 25.9 Å². The van der Waals surface area contributed by atoms with E-state index in [0.717, 1.165) is 39.6 Å². The van der Waals surface area contributed by atoms with Crippen LogP contribution in [-0.4, -0.2) is 106 Å². The van der Waals surface area contributed by atoms with Crippen molar-refractivity contribution in [1.82, 2.24) is 30.4 Å². The van der Waals surface area contributed by atoms with Gasteiger partial charge in [0.2, 0.25) is 11.8 Å². The molecule has 0 aromatic carbocycles. The van der Waals surface area contributed by atoms with Gasteiger partial charge >= 0.3 is 29.6 Å². The summed E-state index contributed by atoms with van der Waals surface area (Å²) in [6, 6.07) is 5.74. The normalized spacial score (nSPS) is 13.2. The first-order valence-electron chi connectivity index (χ1n) is 11.2. The van der Waals surface area contributed by atoms with Crippen LogP contribution in [0.2, 0.25) is 0 Å². The molecule has 4 aromatic heterocycles. The second-order valence-electron chi connectivity index (χ2n) is 8.06. The Morgan fingerprint density at radius 3 is 2.59 bits per heavy atom. The average molecular weight is 533 g/mol. The maximum absolute atomic E-state index is 11.5. The van der Waals surface area contributed by atoms with Crippen LogP contribution in [0.4, 0.5) is 11.8 Å². The van der Waals surface area contributed by atoms with Crippen LogP contribution in [0, 0.1) is 0 Å². The summed E-state index contributed by atoms with van der Waals surface area (Å²) in [4.78, 5) is 39.2. The number of morpholine rings is 1. The minimum absolute atomic E-state index is 0. The molecule has 0 bridgehead atoms. The average Bonchev–Trinajstić information content (AvgIpc) is 3.35. The van der Waals surface area contributed by atoms with E-state index >= 15 is 0 Å². The molecule has 37 heavy (non-hydrogen) atoms. The van der Waals surface area contributed by atoms with Crippen molar-refractivity contribution in [2.75, 3.05) is 50.3 Å². The summed E-state index contributed by atoms with van der Waals surface area (Å²) < 4.78 is 11.7. The zero-order valence-electron chi connectivity index (χ0n) is 19.7. The molecule has 0 spiro atoms. The van der Waals surface area contributed by atoms with Crippen LogP contribution in [0.3, 0.4) is 0 Å². The number of anilines is 2. The molecule has 2 N–H and O–H groups in total. The summed E-state index contributed by atoms with van der Waals surface area (Å²) >= 11 is 1.62. The molecular formula is C23H25N8NaO4S. The van der Waals surface area contributed by atoms with E-state index in [0.29, 0.717) is 37.4 Å². The van der Waals surface area contributed by atoms with Gasteiger partial charge in [-0.05, 0) is 12.1 Å². The molecule has 1 aliphatic heterocycles. The number of thiophene rings is 1. The van der Waals surface area contributed by atoms with Gasteiger partial charge in [0.05, 0.1) is 42.6 Å². The number of aromatic nitrogens is 5. The van der Waals surface area contributed by atoms with Gasteiger partial charge in [0.25, 0.3) is 5.91 Å². The molecule has 14 heteroatoms. The van der Waals surface area contributed by atoms with Gasteiger partial charge in [-0.15, -0.1) is 11.3 Å². The molecule has 1 saturated heterocycles. The van der Waals surface area contributed by atoms with Crippen molar-refractivity contribution in [3.63, 3.8) is 0 Å². The first-order chi connectivity index (χ1) is 17.6. The van der Waals surface area contributed by atoms with Gasteiger partial charge in [-0.3, -0.25) is 10.0 Å². The molecule has 188 valence electrons. The Kier molecular flexibility index (Phi) is 8.84. The third-order valence-electron chi connectivity index (χ3n) is 5.66. The monoisotopic (exact) mass is 532 g/mol. The van der Waals surface area contributed by atoms with Gasteiger partial charge in [-0.2, -0.15) is 0 Å². The summed E-state index contributed by atoms with van der Waals surface area (Å²) in [6.07, 6.45) is 4.45. The van der Waals surface area contributed by atoms with Gasteiger partial charge in [0, 0.05) is 55.2 Å². The van der Waals surface area contributed by atoms with Gasteiger partial charge in [0.1, 0.15) is 0 Å². The number of pyridine rings is 1. The summed E-state index contributed by atoms with van der Waals surface area (Å²) in [5.74, 6) is 1.79. The number of nitrogens with one attached hydrogen (secondary N) is 1. The fourth-order valence-electron chi connectivity index (χ4n) is 3.80. The predicted octanol–water partition coefficient (Wildman–Crippen LogP) is 1.50. The number of ether oxygens (including phenoxy) is 2. The third kappa shape index (κ3) is 5.98. The van der Waals surface area contributed by atoms with E-state index in [9.17, 15) is 4.79 Å². The van der Waals surface area contributed by atoms with E-state index in [1.807, 2.05) is 18.0 Å². The Labute approximate surface area is 238 Å². The summed E-state index contributed by atoms with van der Waals surface area (Å²) in [5.41, 5.74) is 3.39. The number of carbonyl (C=O) groups excluding carboxylic acids is 1. The fraction of sp³-hybridized carbons (Fsp3) is 0.304. The van der Waals surface area contributed by atoms with Crippen LogP contribution in [0.5, 0.6) is 5.88 Å². The predicted molar refractivity (Wildman–Crippen MR) is 141 cm³/mol. The van der Waals surface area contributed by atoms with E-state index in [1.165, 1.54) is 12.4 Å². The molecule has 5 heterocycles. The van der Waals surface area contributed by atoms with Gasteiger partial charge in [0.15, 0.2) is 11.6 Å². The molecule has 0 radical (unpaired) electrons. The topological polar surface area (TPSA) is 139 Å². The quantitative estimate of drug-likeness (QED) is 0.203. The van der Waals surface area contributed by atoms with Crippen LogP contribution >= 0.6 is 11.3 Å². The maximum atomic E-state index is 11.5. The number of hydrogen-bond donors (Lipinski definition) is 2. The van der Waals surface area contributed by atoms with E-state index < -0.39 is 5.91 Å². The molecule has 0 aliphatic carbocycles. The van der Waals surface area contributed by atoms with Crippen molar-refractivity contribution >= 4 is 68.8 Å². The van der Waals surface area contributed by atoms with Crippen molar-refractivity contribution in [2.24, 2.45) is 0 Å². The van der Waals surface area contributed by atoms with Crippen LogP contribution in [0.15, 0.2) is 36.8 Å². The molecule has 0 atom stereocenters. The standard InChI is InChI=1S/C23H24N8O4S.Na.H/c1-30(23-25-11-15(12-26-23)22(32)29-33)13-16-9-17-19(36-16)21(31-5-7-35-8-6-31)28-20(27-17)14-3-4-18(34-2)24-10-14;;/h3-4,9-12,33H,5-8,13H2,1-2H3,(H,29,32);;. The van der Waals surface area contributed by atoms with Crippen molar-refractivity contribution in [3.8, 4) is 17.3 Å². The van der Waals surface area contributed by atoms with E-state index in [4.69, 9.17) is 24.6 Å². The number of fused-ring (bicyclic) bond motifs is 1. The SMILES string of the molecule is COc1ccc(-c2nc(N3CCOCC3)c3sc(CN(C)c4ncc(C(=O)NO)cn4)cc3n2)cn1.[NaH]. The molecule has 0 unspecified atom stereocenters. The Morgan fingerprint density at radius 1 is 1.19 bits per heavy atom. The summed E-state index contributed by atoms with van der Waals surface area (Å²) in [5, 5.41) is 8.77. The van der Waals surface area contributed by atoms with Gasteiger partial charge in [-0.25, -0.2) is 30.4 Å². The van der Waals surface area contributed by atoms with E-state index in [1.54, 1.807) is 36.2 Å². The Morgan fingerprint density at radius 2 is 1.95 bits per heavy atom. The summed E-state index contributed by atoms with van der Waals surface area (Å²) in [6.45, 7) is 3.33. The number of carbonyl (C=O) groups is 1. The number of nitrogens with zero attached hydrogens (tertiary/aromatic N) is 7. The van der Waals surface area contributed by atoms with Crippen LogP contribution in [0.1, 0.15) is 15.2 Å². The fourth-order valence-corrected chi connectivity index (χ4v) is 4.96. The Balaban J connectivity index is 0.00000320. The number of hydroxylamine groups is 1. The molecule has 12 nitrogen and oxygen atoms in total. The summed E-state index contributed by atoms with van der Waals surface area (Å²) in [7, 11) is 3.45. The van der Waals surface area contributed by atoms with Crippen molar-refractivity contribution in [1.29, 1.82) is 0 Å². The first-order valence-corrected chi connectivity index (χ1v) is 12.0. The number of amides is 1. The molecule has 5 rings (SSSR count).